The molecule has 2 aromatic rings. The van der Waals surface area contributed by atoms with Gasteiger partial charge in [-0.25, -0.2) is 0 Å². The molecule has 0 spiro atoms. The zero-order valence-electron chi connectivity index (χ0n) is 11.3. The van der Waals surface area contributed by atoms with E-state index < -0.39 is 0 Å². The third-order valence-corrected chi connectivity index (χ3v) is 3.01. The van der Waals surface area contributed by atoms with Gasteiger partial charge in [-0.2, -0.15) is 0 Å². The maximum absolute atomic E-state index is 11.3. The average molecular weight is 254 g/mol. The van der Waals surface area contributed by atoms with E-state index in [2.05, 4.69) is 6.92 Å². The van der Waals surface area contributed by atoms with Crippen LogP contribution in [0, 0.1) is 0 Å². The van der Waals surface area contributed by atoms with Crippen LogP contribution in [-0.2, 0) is 4.79 Å². The van der Waals surface area contributed by atoms with Crippen LogP contribution in [0.25, 0.3) is 0 Å². The summed E-state index contributed by atoms with van der Waals surface area (Å²) in [5.74, 6) is 1.99. The highest BCUT2D eigenvalue weighted by molar-refractivity contribution is 5.76. The molecule has 1 atom stereocenters. The van der Waals surface area contributed by atoms with Crippen LogP contribution in [0.15, 0.2) is 54.6 Å². The molecule has 2 nitrogen and oxygen atoms in total. The smallest absolute Gasteiger partial charge is 0.130 e. The number of Topliss-reactive ketones (excluding diaryl/α,β-unsaturated/α-hetero) is 1. The van der Waals surface area contributed by atoms with Crippen molar-refractivity contribution in [1.82, 2.24) is 0 Å². The predicted octanol–water partition coefficient (Wildman–Crippen LogP) is 4.56. The molecule has 0 saturated carbocycles. The summed E-state index contributed by atoms with van der Waals surface area (Å²) < 4.78 is 5.90. The van der Waals surface area contributed by atoms with E-state index in [0.29, 0.717) is 6.42 Å². The van der Waals surface area contributed by atoms with Crippen molar-refractivity contribution in [2.75, 3.05) is 0 Å². The molecule has 0 fully saturated rings. The van der Waals surface area contributed by atoms with Gasteiger partial charge in [-0.05, 0) is 36.6 Å². The Morgan fingerprint density at radius 3 is 2.37 bits per heavy atom. The molecule has 98 valence electrons. The van der Waals surface area contributed by atoms with E-state index in [1.54, 1.807) is 6.92 Å². The second-order valence-corrected chi connectivity index (χ2v) is 4.76. The molecule has 0 unspecified atom stereocenters. The summed E-state index contributed by atoms with van der Waals surface area (Å²) in [6.45, 7) is 3.67. The fraction of sp³-hybridized carbons (Fsp3) is 0.235. The normalized spacial score (nSPS) is 11.9. The molecule has 2 aromatic carbocycles. The quantitative estimate of drug-likeness (QED) is 0.781. The lowest BCUT2D eigenvalue weighted by atomic mass is 9.95. The molecule has 0 aliphatic heterocycles. The Hall–Kier alpha value is -2.09. The molecule has 0 aliphatic carbocycles. The number of ketones is 1. The SMILES string of the molecule is CC(=O)C[C@H](C)c1ccccc1Oc1ccccc1. The molecule has 0 radical (unpaired) electrons. The number of carbonyl (C=O) groups is 1. The zero-order valence-corrected chi connectivity index (χ0v) is 11.3. The van der Waals surface area contributed by atoms with Crippen molar-refractivity contribution in [2.45, 2.75) is 26.2 Å². The van der Waals surface area contributed by atoms with Crippen molar-refractivity contribution in [2.24, 2.45) is 0 Å². The van der Waals surface area contributed by atoms with Gasteiger partial charge in [-0.3, -0.25) is 0 Å². The number of carbonyl (C=O) groups excluding carboxylic acids is 1. The van der Waals surface area contributed by atoms with E-state index in [-0.39, 0.29) is 11.7 Å². The molecule has 0 heterocycles. The third kappa shape index (κ3) is 3.68. The highest BCUT2D eigenvalue weighted by atomic mass is 16.5. The second kappa shape index (κ2) is 6.19. The highest BCUT2D eigenvalue weighted by Crippen LogP contribution is 2.32. The molecule has 0 aliphatic rings. The lowest BCUT2D eigenvalue weighted by Crippen LogP contribution is -2.02. The molecule has 0 amide bonds. The number of rotatable bonds is 5. The van der Waals surface area contributed by atoms with Gasteiger partial charge in [0.05, 0.1) is 0 Å². The van der Waals surface area contributed by atoms with Crippen molar-refractivity contribution < 1.29 is 9.53 Å². The largest absolute Gasteiger partial charge is 0.457 e. The van der Waals surface area contributed by atoms with Crippen LogP contribution in [-0.4, -0.2) is 5.78 Å². The van der Waals surface area contributed by atoms with Gasteiger partial charge in [0.2, 0.25) is 0 Å². The average Bonchev–Trinajstić information content (AvgIpc) is 2.39. The van der Waals surface area contributed by atoms with Crippen LogP contribution in [0.3, 0.4) is 0 Å². The highest BCUT2D eigenvalue weighted by Gasteiger charge is 2.13. The zero-order chi connectivity index (χ0) is 13.7. The first-order valence-corrected chi connectivity index (χ1v) is 6.48. The minimum Gasteiger partial charge on any atom is -0.457 e. The Morgan fingerprint density at radius 2 is 1.68 bits per heavy atom. The Balaban J connectivity index is 2.23. The van der Waals surface area contributed by atoms with Crippen molar-refractivity contribution in [1.29, 1.82) is 0 Å². The fourth-order valence-corrected chi connectivity index (χ4v) is 2.14. The fourth-order valence-electron chi connectivity index (χ4n) is 2.14. The standard InChI is InChI=1S/C17H18O2/c1-13(12-14(2)18)16-10-6-7-11-17(16)19-15-8-4-3-5-9-15/h3-11,13H,12H2,1-2H3/t13-/m0/s1. The summed E-state index contributed by atoms with van der Waals surface area (Å²) >= 11 is 0. The topological polar surface area (TPSA) is 26.3 Å². The van der Waals surface area contributed by atoms with Gasteiger partial charge >= 0.3 is 0 Å². The molecule has 2 rings (SSSR count). The van der Waals surface area contributed by atoms with Gasteiger partial charge < -0.3 is 9.53 Å². The summed E-state index contributed by atoms with van der Waals surface area (Å²) in [6.07, 6.45) is 0.537. The van der Waals surface area contributed by atoms with Crippen molar-refractivity contribution in [3.8, 4) is 11.5 Å². The van der Waals surface area contributed by atoms with E-state index in [0.717, 1.165) is 17.1 Å². The maximum Gasteiger partial charge on any atom is 0.130 e. The number of hydrogen-bond donors (Lipinski definition) is 0. The van der Waals surface area contributed by atoms with Gasteiger partial charge in [0.1, 0.15) is 17.3 Å². The Bertz CT molecular complexity index is 546. The first kappa shape index (κ1) is 13.3. The van der Waals surface area contributed by atoms with E-state index in [4.69, 9.17) is 4.74 Å². The van der Waals surface area contributed by atoms with E-state index in [9.17, 15) is 4.79 Å². The minimum atomic E-state index is 0.164. The van der Waals surface area contributed by atoms with Gasteiger partial charge in [0.15, 0.2) is 0 Å². The first-order valence-electron chi connectivity index (χ1n) is 6.48. The Morgan fingerprint density at radius 1 is 1.05 bits per heavy atom. The second-order valence-electron chi connectivity index (χ2n) is 4.76. The molecular weight excluding hydrogens is 236 g/mol. The van der Waals surface area contributed by atoms with Crippen molar-refractivity contribution in [3.63, 3.8) is 0 Å². The van der Waals surface area contributed by atoms with Crippen LogP contribution in [0.5, 0.6) is 11.5 Å². The molecule has 0 N–H and O–H groups in total. The molecule has 0 bridgehead atoms. The van der Waals surface area contributed by atoms with Gasteiger partial charge in [0, 0.05) is 6.42 Å². The number of para-hydroxylation sites is 2. The van der Waals surface area contributed by atoms with Crippen LogP contribution < -0.4 is 4.74 Å². The predicted molar refractivity (Wildman–Crippen MR) is 76.7 cm³/mol. The molecule has 2 heteroatoms. The summed E-state index contributed by atoms with van der Waals surface area (Å²) in [5, 5.41) is 0. The Kier molecular flexibility index (Phi) is 4.35. The van der Waals surface area contributed by atoms with Gasteiger partial charge in [0.25, 0.3) is 0 Å². The third-order valence-electron chi connectivity index (χ3n) is 3.01. The molecule has 0 aromatic heterocycles. The monoisotopic (exact) mass is 254 g/mol. The lowest BCUT2D eigenvalue weighted by Gasteiger charge is -2.15. The van der Waals surface area contributed by atoms with E-state index >= 15 is 0 Å². The first-order chi connectivity index (χ1) is 9.16. The lowest BCUT2D eigenvalue weighted by molar-refractivity contribution is -0.117. The van der Waals surface area contributed by atoms with E-state index in [1.807, 2.05) is 54.6 Å². The van der Waals surface area contributed by atoms with Crippen LogP contribution in [0.4, 0.5) is 0 Å². The van der Waals surface area contributed by atoms with Crippen LogP contribution in [0.2, 0.25) is 0 Å². The molecular formula is C17H18O2. The van der Waals surface area contributed by atoms with Crippen LogP contribution >= 0.6 is 0 Å². The molecule has 19 heavy (non-hydrogen) atoms. The number of ether oxygens (including phenoxy) is 1. The summed E-state index contributed by atoms with van der Waals surface area (Å²) in [6, 6.07) is 17.6. The summed E-state index contributed by atoms with van der Waals surface area (Å²) in [4.78, 5) is 11.3. The number of hydrogen-bond acceptors (Lipinski definition) is 2. The van der Waals surface area contributed by atoms with Gasteiger partial charge in [-0.1, -0.05) is 43.3 Å². The van der Waals surface area contributed by atoms with Gasteiger partial charge in [-0.15, -0.1) is 0 Å². The summed E-state index contributed by atoms with van der Waals surface area (Å²) in [5.41, 5.74) is 1.07. The van der Waals surface area contributed by atoms with Crippen molar-refractivity contribution in [3.05, 3.63) is 60.2 Å². The maximum atomic E-state index is 11.3. The number of benzene rings is 2. The van der Waals surface area contributed by atoms with Crippen LogP contribution in [0.1, 0.15) is 31.7 Å². The van der Waals surface area contributed by atoms with Crippen molar-refractivity contribution >= 4 is 5.78 Å². The molecule has 0 saturated heterocycles. The van der Waals surface area contributed by atoms with E-state index in [1.165, 1.54) is 0 Å². The summed E-state index contributed by atoms with van der Waals surface area (Å²) in [7, 11) is 0. The Labute approximate surface area is 114 Å². The minimum absolute atomic E-state index is 0.164.